The minimum atomic E-state index is -0.639. The van der Waals surface area contributed by atoms with Crippen LogP contribution in [0.25, 0.3) is 0 Å². The number of carbonyl (C=O) groups excluding carboxylic acids is 2. The molecule has 1 saturated heterocycles. The first-order chi connectivity index (χ1) is 21.3. The summed E-state index contributed by atoms with van der Waals surface area (Å²) < 4.78 is 5.62. The van der Waals surface area contributed by atoms with Crippen molar-refractivity contribution in [3.63, 3.8) is 0 Å². The van der Waals surface area contributed by atoms with E-state index in [2.05, 4.69) is 29.9 Å². The molecule has 2 aromatic heterocycles. The van der Waals surface area contributed by atoms with E-state index in [1.165, 1.54) is 11.1 Å². The van der Waals surface area contributed by atoms with Gasteiger partial charge < -0.3 is 14.4 Å². The van der Waals surface area contributed by atoms with Gasteiger partial charge in [-0.3, -0.25) is 14.6 Å². The topological polar surface area (TPSA) is 96.5 Å². The molecule has 0 unspecified atom stereocenters. The second kappa shape index (κ2) is 14.6. The molecule has 3 heterocycles. The van der Waals surface area contributed by atoms with Gasteiger partial charge in [0.2, 0.25) is 5.89 Å². The van der Waals surface area contributed by atoms with Crippen molar-refractivity contribution >= 4 is 11.7 Å². The quantitative estimate of drug-likeness (QED) is 0.164. The Morgan fingerprint density at radius 3 is 2.57 bits per heavy atom. The number of benzene rings is 2. The summed E-state index contributed by atoms with van der Waals surface area (Å²) in [6, 6.07) is 19.0. The average Bonchev–Trinajstić information content (AvgIpc) is 3.70. The molecule has 230 valence electrons. The van der Waals surface area contributed by atoms with E-state index in [0.29, 0.717) is 42.3 Å². The molecule has 0 aliphatic carbocycles. The standard InChI is InChI=1S/C37H43N3O4/c1-25(2)32-19-28(22-38-23-32)12-7-16-34(41)31(18-27-10-5-4-6-11-27)21-35(42)29-13-8-14-30(20-29)37(43)40-17-9-15-33(40)36-39-26(3)24-44-36/h4-6,8,10-11,13-14,19-20,22-25,31,33-34,41H,7,9,12,15-18,21H2,1-3H3/t31-,33-,34-/m1/s1. The Kier molecular flexibility index (Phi) is 10.4. The molecular weight excluding hydrogens is 550 g/mol. The first-order valence-electron chi connectivity index (χ1n) is 15.8. The van der Waals surface area contributed by atoms with Gasteiger partial charge in [-0.05, 0) is 86.1 Å². The van der Waals surface area contributed by atoms with Crippen LogP contribution in [0.2, 0.25) is 0 Å². The van der Waals surface area contributed by atoms with Crippen LogP contribution in [0.3, 0.4) is 0 Å². The van der Waals surface area contributed by atoms with Crippen LogP contribution < -0.4 is 0 Å². The van der Waals surface area contributed by atoms with Crippen LogP contribution in [0.4, 0.5) is 0 Å². The number of aryl methyl sites for hydroxylation is 2. The fourth-order valence-electron chi connectivity index (χ4n) is 6.11. The summed E-state index contributed by atoms with van der Waals surface area (Å²) in [6.07, 6.45) is 9.45. The summed E-state index contributed by atoms with van der Waals surface area (Å²) >= 11 is 0. The molecule has 1 amide bonds. The maximum Gasteiger partial charge on any atom is 0.254 e. The van der Waals surface area contributed by atoms with Gasteiger partial charge in [-0.15, -0.1) is 0 Å². The number of oxazole rings is 1. The largest absolute Gasteiger partial charge is 0.446 e. The molecule has 0 radical (unpaired) electrons. The summed E-state index contributed by atoms with van der Waals surface area (Å²) in [5, 5.41) is 11.4. The molecule has 0 saturated carbocycles. The molecule has 44 heavy (non-hydrogen) atoms. The Hall–Kier alpha value is -4.10. The highest BCUT2D eigenvalue weighted by Crippen LogP contribution is 2.33. The lowest BCUT2D eigenvalue weighted by Gasteiger charge is -2.24. The third kappa shape index (κ3) is 7.88. The van der Waals surface area contributed by atoms with Crippen LogP contribution in [0.1, 0.15) is 107 Å². The zero-order chi connectivity index (χ0) is 31.1. The van der Waals surface area contributed by atoms with E-state index < -0.39 is 6.10 Å². The van der Waals surface area contributed by atoms with E-state index in [1.54, 1.807) is 35.4 Å². The average molecular weight is 594 g/mol. The smallest absolute Gasteiger partial charge is 0.254 e. The molecule has 7 nitrogen and oxygen atoms in total. The summed E-state index contributed by atoms with van der Waals surface area (Å²) in [7, 11) is 0. The van der Waals surface area contributed by atoms with Crippen molar-refractivity contribution in [1.82, 2.24) is 14.9 Å². The van der Waals surface area contributed by atoms with Gasteiger partial charge in [0.25, 0.3) is 5.91 Å². The molecule has 7 heteroatoms. The second-order valence-electron chi connectivity index (χ2n) is 12.4. The fraction of sp³-hybridized carbons (Fsp3) is 0.405. The van der Waals surface area contributed by atoms with Crippen molar-refractivity contribution in [2.45, 2.75) is 83.8 Å². The summed E-state index contributed by atoms with van der Waals surface area (Å²) in [5.41, 5.74) is 5.22. The Balaban J connectivity index is 1.26. The number of rotatable bonds is 13. The summed E-state index contributed by atoms with van der Waals surface area (Å²) in [5.74, 6) is 0.518. The Bertz CT molecular complexity index is 1550. The zero-order valence-electron chi connectivity index (χ0n) is 26.0. The number of carbonyl (C=O) groups is 2. The van der Waals surface area contributed by atoms with Gasteiger partial charge in [-0.1, -0.05) is 62.4 Å². The fourth-order valence-corrected chi connectivity index (χ4v) is 6.11. The minimum Gasteiger partial charge on any atom is -0.446 e. The van der Waals surface area contributed by atoms with E-state index in [9.17, 15) is 14.7 Å². The lowest BCUT2D eigenvalue weighted by molar-refractivity contribution is 0.0715. The van der Waals surface area contributed by atoms with Gasteiger partial charge in [0.05, 0.1) is 11.8 Å². The van der Waals surface area contributed by atoms with Crippen molar-refractivity contribution in [2.75, 3.05) is 6.54 Å². The number of Topliss-reactive ketones (excluding diaryl/α,β-unsaturated/α-hetero) is 1. The molecular formula is C37H43N3O4. The lowest BCUT2D eigenvalue weighted by Crippen LogP contribution is -2.31. The van der Waals surface area contributed by atoms with E-state index in [0.717, 1.165) is 36.9 Å². The monoisotopic (exact) mass is 593 g/mol. The maximum absolute atomic E-state index is 13.7. The number of amides is 1. The molecule has 1 fully saturated rings. The number of hydrogen-bond donors (Lipinski definition) is 1. The third-order valence-corrected chi connectivity index (χ3v) is 8.65. The SMILES string of the molecule is Cc1coc([C@H]2CCCN2C(=O)c2cccc(C(=O)C[C@@H](Cc3ccccc3)[C@H](O)CCCc3cncc(C(C)C)c3)c2)n1. The van der Waals surface area contributed by atoms with Crippen molar-refractivity contribution < 1.29 is 19.1 Å². The molecule has 4 aromatic rings. The summed E-state index contributed by atoms with van der Waals surface area (Å²) in [4.78, 5) is 37.9. The predicted octanol–water partition coefficient (Wildman–Crippen LogP) is 7.29. The van der Waals surface area contributed by atoms with Crippen molar-refractivity contribution in [1.29, 1.82) is 0 Å². The second-order valence-corrected chi connectivity index (χ2v) is 12.4. The van der Waals surface area contributed by atoms with E-state index in [1.807, 2.05) is 49.6 Å². The number of aliphatic hydroxyl groups is 1. The van der Waals surface area contributed by atoms with Crippen molar-refractivity contribution in [3.05, 3.63) is 119 Å². The number of ketones is 1. The maximum atomic E-state index is 13.7. The van der Waals surface area contributed by atoms with Gasteiger partial charge in [0, 0.05) is 36.5 Å². The highest BCUT2D eigenvalue weighted by Gasteiger charge is 2.34. The Morgan fingerprint density at radius 2 is 1.82 bits per heavy atom. The third-order valence-electron chi connectivity index (χ3n) is 8.65. The van der Waals surface area contributed by atoms with E-state index in [-0.39, 0.29) is 30.1 Å². The molecule has 1 N–H and O–H groups in total. The summed E-state index contributed by atoms with van der Waals surface area (Å²) in [6.45, 7) is 6.80. The highest BCUT2D eigenvalue weighted by molar-refractivity contribution is 6.00. The van der Waals surface area contributed by atoms with Crippen LogP contribution in [0.15, 0.2) is 83.7 Å². The zero-order valence-corrected chi connectivity index (χ0v) is 26.0. The first-order valence-corrected chi connectivity index (χ1v) is 15.8. The van der Waals surface area contributed by atoms with Crippen LogP contribution in [-0.4, -0.2) is 44.3 Å². The molecule has 1 aliphatic heterocycles. The molecule has 3 atom stereocenters. The normalized spacial score (nSPS) is 16.3. The minimum absolute atomic E-state index is 0.0743. The van der Waals surface area contributed by atoms with Gasteiger partial charge >= 0.3 is 0 Å². The molecule has 2 aromatic carbocycles. The van der Waals surface area contributed by atoms with Gasteiger partial charge in [0.1, 0.15) is 12.3 Å². The Labute approximate surface area is 260 Å². The number of aromatic nitrogens is 2. The number of nitrogens with zero attached hydrogens (tertiary/aromatic N) is 3. The van der Waals surface area contributed by atoms with E-state index in [4.69, 9.17) is 4.42 Å². The van der Waals surface area contributed by atoms with Gasteiger partial charge in [-0.25, -0.2) is 4.98 Å². The molecule has 5 rings (SSSR count). The van der Waals surface area contributed by atoms with Crippen LogP contribution in [-0.2, 0) is 12.8 Å². The van der Waals surface area contributed by atoms with Crippen LogP contribution in [0, 0.1) is 12.8 Å². The van der Waals surface area contributed by atoms with Crippen molar-refractivity contribution in [2.24, 2.45) is 5.92 Å². The van der Waals surface area contributed by atoms with Crippen LogP contribution >= 0.6 is 0 Å². The van der Waals surface area contributed by atoms with Crippen molar-refractivity contribution in [3.8, 4) is 0 Å². The number of pyridine rings is 1. The Morgan fingerprint density at radius 1 is 1.02 bits per heavy atom. The molecule has 0 bridgehead atoms. The molecule has 0 spiro atoms. The van der Waals surface area contributed by atoms with Gasteiger partial charge in [0.15, 0.2) is 5.78 Å². The van der Waals surface area contributed by atoms with E-state index >= 15 is 0 Å². The van der Waals surface area contributed by atoms with Gasteiger partial charge in [-0.2, -0.15) is 0 Å². The highest BCUT2D eigenvalue weighted by atomic mass is 16.3. The molecule has 1 aliphatic rings. The lowest BCUT2D eigenvalue weighted by atomic mass is 9.85. The van der Waals surface area contributed by atoms with Crippen LogP contribution in [0.5, 0.6) is 0 Å². The number of aliphatic hydroxyl groups excluding tert-OH is 1. The predicted molar refractivity (Wildman–Crippen MR) is 171 cm³/mol. The number of hydrogen-bond acceptors (Lipinski definition) is 6. The first kappa shape index (κ1) is 31.3. The number of likely N-dealkylation sites (tertiary alicyclic amines) is 1.